The number of benzene rings is 1. The maximum Gasteiger partial charge on any atom is 0.355 e. The Morgan fingerprint density at radius 3 is 2.60 bits per heavy atom. The first-order valence-corrected chi connectivity index (χ1v) is 15.5. The van der Waals surface area contributed by atoms with Crippen molar-refractivity contribution in [3.63, 3.8) is 0 Å². The van der Waals surface area contributed by atoms with Crippen LogP contribution in [-0.2, 0) is 14.6 Å². The Morgan fingerprint density at radius 2 is 1.96 bits per heavy atom. The average Bonchev–Trinajstić information content (AvgIpc) is 2.97. The predicted molar refractivity (Wildman–Crippen MR) is 165 cm³/mol. The number of sulfone groups is 1. The van der Waals surface area contributed by atoms with Crippen molar-refractivity contribution in [2.75, 3.05) is 36.5 Å². The van der Waals surface area contributed by atoms with Crippen molar-refractivity contribution in [3.05, 3.63) is 88.3 Å². The lowest BCUT2D eigenvalue weighted by Crippen LogP contribution is -2.60. The van der Waals surface area contributed by atoms with Gasteiger partial charge in [-0.3, -0.25) is 4.79 Å². The number of piperazine rings is 1. The summed E-state index contributed by atoms with van der Waals surface area (Å²) in [5.74, 6) is -2.24. The number of fused-ring (bicyclic) bond motifs is 1. The van der Waals surface area contributed by atoms with Crippen LogP contribution in [0.3, 0.4) is 0 Å². The number of nitrogen functional groups attached to an aromatic ring is 1. The lowest BCUT2D eigenvalue weighted by molar-refractivity contribution is -0.127. The number of aromatic nitrogens is 4. The molecule has 0 unspecified atom stereocenters. The maximum absolute atomic E-state index is 16.0. The van der Waals surface area contributed by atoms with Crippen molar-refractivity contribution in [2.24, 2.45) is 0 Å². The van der Waals surface area contributed by atoms with Crippen LogP contribution in [0.2, 0.25) is 0 Å². The topological polar surface area (TPSA) is 149 Å². The molecule has 1 aliphatic heterocycles. The zero-order chi connectivity index (χ0) is 32.8. The van der Waals surface area contributed by atoms with Gasteiger partial charge in [0.1, 0.15) is 23.4 Å². The van der Waals surface area contributed by atoms with E-state index in [1.807, 2.05) is 0 Å². The first kappa shape index (κ1) is 31.2. The number of halogens is 2. The monoisotopic (exact) mass is 634 g/mol. The Bertz CT molecular complexity index is 2070. The third-order valence-corrected chi connectivity index (χ3v) is 8.57. The molecule has 4 heterocycles. The number of rotatable bonds is 6. The van der Waals surface area contributed by atoms with Gasteiger partial charge >= 0.3 is 5.69 Å². The zero-order valence-electron chi connectivity index (χ0n) is 24.5. The first-order chi connectivity index (χ1) is 21.3. The fourth-order valence-electron chi connectivity index (χ4n) is 5.66. The molecule has 1 aliphatic rings. The van der Waals surface area contributed by atoms with E-state index in [2.05, 4.69) is 26.4 Å². The SMILES string of the molecule is [C-]#[N+]C[C@H]1CN(C(=O)C=C)C[C@H](C)N1c1nc(=O)n(-c2c(C)ccnc2S(C)(=O)=O)c2nc(-c3c(N)cccc3F)c(F)cc12. The molecule has 1 aromatic carbocycles. The van der Waals surface area contributed by atoms with E-state index in [0.717, 1.165) is 29.0 Å². The van der Waals surface area contributed by atoms with Gasteiger partial charge in [0.25, 0.3) is 0 Å². The van der Waals surface area contributed by atoms with E-state index in [4.69, 9.17) is 12.3 Å². The Kier molecular flexibility index (Phi) is 8.11. The van der Waals surface area contributed by atoms with Crippen LogP contribution >= 0.6 is 0 Å². The summed E-state index contributed by atoms with van der Waals surface area (Å²) in [6.07, 6.45) is 3.35. The molecule has 0 spiro atoms. The van der Waals surface area contributed by atoms with E-state index in [-0.39, 0.29) is 59.3 Å². The van der Waals surface area contributed by atoms with Crippen molar-refractivity contribution >= 4 is 38.3 Å². The zero-order valence-corrected chi connectivity index (χ0v) is 25.3. The molecule has 0 radical (unpaired) electrons. The molecule has 232 valence electrons. The number of nitrogens with two attached hydrogens (primary N) is 1. The summed E-state index contributed by atoms with van der Waals surface area (Å²) in [5, 5.41) is -0.479. The summed E-state index contributed by atoms with van der Waals surface area (Å²) < 4.78 is 57.6. The molecular formula is C30H28F2N8O4S. The minimum Gasteiger partial charge on any atom is -0.398 e. The van der Waals surface area contributed by atoms with Crippen LogP contribution in [0.4, 0.5) is 20.3 Å². The van der Waals surface area contributed by atoms with Crippen molar-refractivity contribution in [1.82, 2.24) is 24.4 Å². The number of carbonyl (C=O) groups excluding carboxylic acids is 1. The second kappa shape index (κ2) is 11.7. The molecule has 2 atom stereocenters. The van der Waals surface area contributed by atoms with Crippen molar-refractivity contribution in [3.8, 4) is 16.9 Å². The Labute approximate surface area is 257 Å². The van der Waals surface area contributed by atoms with Gasteiger partial charge in [0.2, 0.25) is 12.5 Å². The number of aryl methyl sites for hydroxylation is 1. The number of hydrogen-bond donors (Lipinski definition) is 1. The van der Waals surface area contributed by atoms with Crippen LogP contribution in [-0.4, -0.2) is 76.7 Å². The average molecular weight is 635 g/mol. The second-order valence-electron chi connectivity index (χ2n) is 10.7. The van der Waals surface area contributed by atoms with E-state index in [0.29, 0.717) is 5.56 Å². The summed E-state index contributed by atoms with van der Waals surface area (Å²) in [4.78, 5) is 45.9. The van der Waals surface area contributed by atoms with Crippen molar-refractivity contribution in [2.45, 2.75) is 31.0 Å². The van der Waals surface area contributed by atoms with Gasteiger partial charge in [-0.1, -0.05) is 12.6 Å². The molecule has 1 saturated heterocycles. The Balaban J connectivity index is 1.90. The molecule has 45 heavy (non-hydrogen) atoms. The minimum atomic E-state index is -4.02. The summed E-state index contributed by atoms with van der Waals surface area (Å²) in [6.45, 7) is 14.5. The van der Waals surface area contributed by atoms with Gasteiger partial charge in [-0.15, -0.1) is 0 Å². The van der Waals surface area contributed by atoms with Crippen LogP contribution in [0.15, 0.2) is 59.0 Å². The molecule has 0 aliphatic carbocycles. The van der Waals surface area contributed by atoms with Crippen molar-refractivity contribution < 1.29 is 22.0 Å². The number of anilines is 2. The predicted octanol–water partition coefficient (Wildman–Crippen LogP) is 2.93. The highest BCUT2D eigenvalue weighted by atomic mass is 32.2. The van der Waals surface area contributed by atoms with Gasteiger partial charge in [-0.25, -0.2) is 43.1 Å². The summed E-state index contributed by atoms with van der Waals surface area (Å²) in [7, 11) is -4.02. The number of nitrogens with zero attached hydrogens (tertiary/aromatic N) is 7. The molecule has 2 N–H and O–H groups in total. The molecule has 1 amide bonds. The highest BCUT2D eigenvalue weighted by Gasteiger charge is 2.38. The Morgan fingerprint density at radius 1 is 1.22 bits per heavy atom. The molecule has 1 fully saturated rings. The third-order valence-electron chi connectivity index (χ3n) is 7.57. The number of carbonyl (C=O) groups is 1. The van der Waals surface area contributed by atoms with Crippen molar-refractivity contribution in [1.29, 1.82) is 0 Å². The van der Waals surface area contributed by atoms with Gasteiger partial charge in [0, 0.05) is 37.3 Å². The quantitative estimate of drug-likeness (QED) is 0.192. The Hall–Kier alpha value is -5.23. The van der Waals surface area contributed by atoms with Gasteiger partial charge in [-0.2, -0.15) is 4.98 Å². The number of pyridine rings is 2. The van der Waals surface area contributed by atoms with Crippen LogP contribution in [0, 0.1) is 25.1 Å². The third kappa shape index (κ3) is 5.48. The molecule has 0 bridgehead atoms. The normalized spacial score (nSPS) is 16.9. The fraction of sp³-hybridized carbons (Fsp3) is 0.267. The van der Waals surface area contributed by atoms with Gasteiger partial charge in [0.15, 0.2) is 26.3 Å². The molecule has 0 saturated carbocycles. The standard InChI is InChI=1S/C30H28F2N8O4S/c1-6-23(41)38-14-17(3)39(18(15-38)13-34-4)28-19-12-21(32)25(24-20(31)8-7-9-22(24)33)36-27(19)40(30(42)37-28)26-16(2)10-11-35-29(26)45(5,43)44/h6-12,17-18H,1,13-15,33H2,2-3,5H3/t17-,18-/m0/s1. The number of hydrogen-bond acceptors (Lipinski definition) is 9. The van der Waals surface area contributed by atoms with Crippen LogP contribution in [0.1, 0.15) is 12.5 Å². The summed E-state index contributed by atoms with van der Waals surface area (Å²) in [6, 6.07) is 5.11. The number of amides is 1. The van der Waals surface area contributed by atoms with E-state index in [1.165, 1.54) is 29.3 Å². The van der Waals surface area contributed by atoms with E-state index in [1.54, 1.807) is 18.7 Å². The first-order valence-electron chi connectivity index (χ1n) is 13.6. The molecule has 12 nitrogen and oxygen atoms in total. The smallest absolute Gasteiger partial charge is 0.355 e. The van der Waals surface area contributed by atoms with Crippen LogP contribution in [0.25, 0.3) is 32.8 Å². The molecular weight excluding hydrogens is 606 g/mol. The lowest BCUT2D eigenvalue weighted by Gasteiger charge is -2.44. The van der Waals surface area contributed by atoms with Gasteiger partial charge < -0.3 is 20.4 Å². The van der Waals surface area contributed by atoms with Gasteiger partial charge in [0.05, 0.1) is 16.6 Å². The molecule has 5 rings (SSSR count). The van der Waals surface area contributed by atoms with Gasteiger partial charge in [-0.05, 0) is 49.8 Å². The van der Waals surface area contributed by atoms with E-state index in [9.17, 15) is 18.0 Å². The maximum atomic E-state index is 16.0. The summed E-state index contributed by atoms with van der Waals surface area (Å²) >= 11 is 0. The summed E-state index contributed by atoms with van der Waals surface area (Å²) in [5.41, 5.74) is 3.97. The minimum absolute atomic E-state index is 0.0289. The van der Waals surface area contributed by atoms with Crippen LogP contribution < -0.4 is 16.3 Å². The fourth-order valence-corrected chi connectivity index (χ4v) is 6.52. The highest BCUT2D eigenvalue weighted by molar-refractivity contribution is 7.90. The van der Waals surface area contributed by atoms with E-state index >= 15 is 8.78 Å². The lowest BCUT2D eigenvalue weighted by atomic mass is 10.0. The van der Waals surface area contributed by atoms with Crippen LogP contribution in [0.5, 0.6) is 0 Å². The largest absolute Gasteiger partial charge is 0.398 e. The molecule has 4 aromatic rings. The second-order valence-corrected chi connectivity index (χ2v) is 12.6. The molecule has 15 heteroatoms. The van der Waals surface area contributed by atoms with E-state index < -0.39 is 50.0 Å². The highest BCUT2D eigenvalue weighted by Crippen LogP contribution is 2.36. The molecule has 3 aromatic heterocycles.